The fourth-order valence-corrected chi connectivity index (χ4v) is 3.27. The van der Waals surface area contributed by atoms with Crippen molar-refractivity contribution >= 4 is 5.97 Å². The third-order valence-corrected chi connectivity index (χ3v) is 4.30. The maximum absolute atomic E-state index is 11.3. The van der Waals surface area contributed by atoms with Crippen molar-refractivity contribution in [3.63, 3.8) is 0 Å². The quantitative estimate of drug-likeness (QED) is 0.851. The lowest BCUT2D eigenvalue weighted by Gasteiger charge is -2.31. The van der Waals surface area contributed by atoms with E-state index in [-0.39, 0.29) is 11.3 Å². The third-order valence-electron chi connectivity index (χ3n) is 4.30. The molecular weight excluding hydrogens is 216 g/mol. The van der Waals surface area contributed by atoms with Crippen LogP contribution in [0.3, 0.4) is 0 Å². The van der Waals surface area contributed by atoms with Gasteiger partial charge < -0.3 is 9.84 Å². The average Bonchev–Trinajstić information content (AvgIpc) is 3.09. The van der Waals surface area contributed by atoms with Gasteiger partial charge in [-0.3, -0.25) is 4.79 Å². The zero-order valence-corrected chi connectivity index (χ0v) is 9.90. The summed E-state index contributed by atoms with van der Waals surface area (Å²) in [4.78, 5) is 11.3. The molecule has 0 aliphatic heterocycles. The number of ether oxygens (including phenoxy) is 1. The first kappa shape index (κ1) is 10.6. The Kier molecular flexibility index (Phi) is 2.18. The zero-order chi connectivity index (χ0) is 12.0. The average molecular weight is 232 g/mol. The molecular formula is C14H16O3. The van der Waals surface area contributed by atoms with Gasteiger partial charge in [-0.15, -0.1) is 0 Å². The Bertz CT molecular complexity index is 474. The summed E-state index contributed by atoms with van der Waals surface area (Å²) in [5.41, 5.74) is 2.46. The number of hydrogen-bond acceptors (Lipinski definition) is 2. The molecule has 2 aliphatic rings. The summed E-state index contributed by atoms with van der Waals surface area (Å²) in [5, 5.41) is 9.32. The second kappa shape index (κ2) is 3.49. The maximum Gasteiger partial charge on any atom is 0.307 e. The molecule has 1 N–H and O–H groups in total. The minimum atomic E-state index is -0.635. The monoisotopic (exact) mass is 232 g/mol. The van der Waals surface area contributed by atoms with Gasteiger partial charge in [-0.1, -0.05) is 6.07 Å². The van der Waals surface area contributed by atoms with Crippen LogP contribution in [0.4, 0.5) is 0 Å². The number of rotatable bonds is 2. The predicted molar refractivity (Wildman–Crippen MR) is 63.4 cm³/mol. The molecule has 1 aromatic carbocycles. The van der Waals surface area contributed by atoms with Crippen LogP contribution in [-0.4, -0.2) is 18.2 Å². The van der Waals surface area contributed by atoms with Crippen LogP contribution in [0.1, 0.15) is 30.4 Å². The van der Waals surface area contributed by atoms with Crippen LogP contribution in [-0.2, 0) is 16.6 Å². The fourth-order valence-electron chi connectivity index (χ4n) is 3.27. The van der Waals surface area contributed by atoms with Crippen LogP contribution in [0, 0.1) is 5.92 Å². The van der Waals surface area contributed by atoms with E-state index in [9.17, 15) is 9.90 Å². The van der Waals surface area contributed by atoms with Gasteiger partial charge in [0.2, 0.25) is 0 Å². The molecule has 90 valence electrons. The molecule has 1 atom stereocenters. The summed E-state index contributed by atoms with van der Waals surface area (Å²) in [7, 11) is 1.66. The van der Waals surface area contributed by atoms with E-state index in [0.29, 0.717) is 0 Å². The first-order valence-corrected chi connectivity index (χ1v) is 6.07. The Balaban J connectivity index is 2.05. The molecule has 0 amide bonds. The normalized spacial score (nSPS) is 24.2. The molecule has 0 bridgehead atoms. The van der Waals surface area contributed by atoms with Gasteiger partial charge in [0.25, 0.3) is 0 Å². The molecule has 2 aliphatic carbocycles. The summed E-state index contributed by atoms with van der Waals surface area (Å²) >= 11 is 0. The molecule has 3 rings (SSSR count). The van der Waals surface area contributed by atoms with Crippen molar-refractivity contribution in [2.24, 2.45) is 5.92 Å². The molecule has 0 heterocycles. The second-order valence-corrected chi connectivity index (χ2v) is 5.11. The SMILES string of the molecule is COc1ccc2c(c1)CCC(C(=O)O)C21CC1. The largest absolute Gasteiger partial charge is 0.497 e. The number of carboxylic acids is 1. The van der Waals surface area contributed by atoms with Crippen LogP contribution in [0.2, 0.25) is 0 Å². The van der Waals surface area contributed by atoms with Crippen LogP contribution < -0.4 is 4.74 Å². The number of methoxy groups -OCH3 is 1. The first-order valence-electron chi connectivity index (χ1n) is 6.07. The number of aryl methyl sites for hydroxylation is 1. The van der Waals surface area contributed by atoms with Gasteiger partial charge in [0.15, 0.2) is 0 Å². The molecule has 0 aromatic heterocycles. The molecule has 0 saturated heterocycles. The van der Waals surface area contributed by atoms with Crippen molar-refractivity contribution in [1.82, 2.24) is 0 Å². The standard InChI is InChI=1S/C14H16O3/c1-17-10-3-5-11-9(8-10)2-4-12(13(15)16)14(11)6-7-14/h3,5,8,12H,2,4,6-7H2,1H3,(H,15,16). The highest BCUT2D eigenvalue weighted by molar-refractivity contribution is 5.74. The Hall–Kier alpha value is -1.51. The summed E-state index contributed by atoms with van der Waals surface area (Å²) in [6.45, 7) is 0. The van der Waals surface area contributed by atoms with E-state index in [2.05, 4.69) is 12.1 Å². The molecule has 1 fully saturated rings. The summed E-state index contributed by atoms with van der Waals surface area (Å²) in [6.07, 6.45) is 3.65. The fraction of sp³-hybridized carbons (Fsp3) is 0.500. The van der Waals surface area contributed by atoms with E-state index >= 15 is 0 Å². The molecule has 1 saturated carbocycles. The maximum atomic E-state index is 11.3. The van der Waals surface area contributed by atoms with E-state index in [0.717, 1.165) is 31.4 Å². The smallest absolute Gasteiger partial charge is 0.307 e. The number of carbonyl (C=O) groups is 1. The zero-order valence-electron chi connectivity index (χ0n) is 9.90. The van der Waals surface area contributed by atoms with Crippen LogP contribution in [0.5, 0.6) is 5.75 Å². The Labute approximate surface area is 100 Å². The molecule has 1 unspecified atom stereocenters. The van der Waals surface area contributed by atoms with Gasteiger partial charge in [-0.05, 0) is 48.9 Å². The minimum Gasteiger partial charge on any atom is -0.497 e. The highest BCUT2D eigenvalue weighted by Crippen LogP contribution is 2.58. The highest BCUT2D eigenvalue weighted by atomic mass is 16.5. The lowest BCUT2D eigenvalue weighted by Crippen LogP contribution is -2.33. The van der Waals surface area contributed by atoms with Crippen molar-refractivity contribution in [2.75, 3.05) is 7.11 Å². The third kappa shape index (κ3) is 1.45. The van der Waals surface area contributed by atoms with Gasteiger partial charge in [0.1, 0.15) is 5.75 Å². The van der Waals surface area contributed by atoms with Crippen LogP contribution in [0.25, 0.3) is 0 Å². The van der Waals surface area contributed by atoms with Crippen molar-refractivity contribution in [3.8, 4) is 5.75 Å². The van der Waals surface area contributed by atoms with E-state index in [1.807, 2.05) is 6.07 Å². The molecule has 3 nitrogen and oxygen atoms in total. The molecule has 17 heavy (non-hydrogen) atoms. The Morgan fingerprint density at radius 1 is 1.47 bits per heavy atom. The van der Waals surface area contributed by atoms with Crippen molar-refractivity contribution < 1.29 is 14.6 Å². The van der Waals surface area contributed by atoms with Gasteiger partial charge >= 0.3 is 5.97 Å². The van der Waals surface area contributed by atoms with Gasteiger partial charge in [0.05, 0.1) is 13.0 Å². The molecule has 3 heteroatoms. The number of benzene rings is 1. The second-order valence-electron chi connectivity index (χ2n) is 5.11. The summed E-state index contributed by atoms with van der Waals surface area (Å²) in [6, 6.07) is 6.08. The van der Waals surface area contributed by atoms with E-state index in [4.69, 9.17) is 4.74 Å². The summed E-state index contributed by atoms with van der Waals surface area (Å²) in [5.74, 6) is 0.0423. The lowest BCUT2D eigenvalue weighted by molar-refractivity contribution is -0.143. The number of carboxylic acid groups (broad SMARTS) is 1. The summed E-state index contributed by atoms with van der Waals surface area (Å²) < 4.78 is 5.23. The van der Waals surface area contributed by atoms with Gasteiger partial charge in [0, 0.05) is 5.41 Å². The molecule has 0 radical (unpaired) electrons. The Morgan fingerprint density at radius 3 is 2.82 bits per heavy atom. The molecule has 1 aromatic rings. The predicted octanol–water partition coefficient (Wildman–Crippen LogP) is 2.37. The highest BCUT2D eigenvalue weighted by Gasteiger charge is 2.56. The van der Waals surface area contributed by atoms with E-state index in [1.54, 1.807) is 7.11 Å². The van der Waals surface area contributed by atoms with Crippen molar-refractivity contribution in [2.45, 2.75) is 31.1 Å². The lowest BCUT2D eigenvalue weighted by atomic mass is 9.72. The van der Waals surface area contributed by atoms with Gasteiger partial charge in [-0.25, -0.2) is 0 Å². The first-order chi connectivity index (χ1) is 8.17. The number of aliphatic carboxylic acids is 1. The van der Waals surface area contributed by atoms with Crippen LogP contribution in [0.15, 0.2) is 18.2 Å². The van der Waals surface area contributed by atoms with Crippen molar-refractivity contribution in [1.29, 1.82) is 0 Å². The van der Waals surface area contributed by atoms with Crippen LogP contribution >= 0.6 is 0 Å². The number of fused-ring (bicyclic) bond motifs is 2. The molecule has 1 spiro atoms. The van der Waals surface area contributed by atoms with Crippen molar-refractivity contribution in [3.05, 3.63) is 29.3 Å². The van der Waals surface area contributed by atoms with Gasteiger partial charge in [-0.2, -0.15) is 0 Å². The van der Waals surface area contributed by atoms with E-state index < -0.39 is 5.97 Å². The number of hydrogen-bond donors (Lipinski definition) is 1. The Morgan fingerprint density at radius 2 is 2.24 bits per heavy atom. The van der Waals surface area contributed by atoms with E-state index in [1.165, 1.54) is 11.1 Å². The minimum absolute atomic E-state index is 0.0638. The topological polar surface area (TPSA) is 46.5 Å².